The average molecular weight is 348 g/mol. The van der Waals surface area contributed by atoms with Crippen molar-refractivity contribution in [3.05, 3.63) is 40.8 Å². The second kappa shape index (κ2) is 6.97. The number of fused-ring (bicyclic) bond motifs is 1. The van der Waals surface area contributed by atoms with Crippen LogP contribution in [-0.2, 0) is 11.3 Å². The third kappa shape index (κ3) is 3.62. The quantitative estimate of drug-likeness (QED) is 0.678. The highest BCUT2D eigenvalue weighted by Crippen LogP contribution is 2.33. The lowest BCUT2D eigenvalue weighted by molar-refractivity contribution is 0.0532. The molecule has 2 aromatic heterocycles. The Morgan fingerprint density at radius 2 is 2.04 bits per heavy atom. The molecular weight excluding hydrogens is 332 g/mol. The molecule has 7 heteroatoms. The number of rotatable bonds is 6. The molecule has 0 aliphatic heterocycles. The summed E-state index contributed by atoms with van der Waals surface area (Å²) >= 11 is 2.90. The summed E-state index contributed by atoms with van der Waals surface area (Å²) in [7, 11) is 1.65. The van der Waals surface area contributed by atoms with Gasteiger partial charge >= 0.3 is 5.97 Å². The van der Waals surface area contributed by atoms with Crippen LogP contribution in [0.1, 0.15) is 22.2 Å². The van der Waals surface area contributed by atoms with Crippen molar-refractivity contribution < 1.29 is 14.3 Å². The molecule has 1 aromatic carbocycles. The highest BCUT2D eigenvalue weighted by molar-refractivity contribution is 7.29. The third-order valence-corrected chi connectivity index (χ3v) is 5.27. The predicted octanol–water partition coefficient (Wildman–Crippen LogP) is 4.16. The van der Waals surface area contributed by atoms with E-state index in [4.69, 9.17) is 9.47 Å². The number of nitrogens with one attached hydrogen (secondary N) is 1. The number of thiazole rings is 1. The molecule has 0 aliphatic rings. The fourth-order valence-corrected chi connectivity index (χ4v) is 4.04. The standard InChI is InChI=1S/C16H16N2O3S2/c1-3-21-15(19)13-8-12-14(22-13)18-16(23-12)17-9-10-4-6-11(20-2)7-5-10/h4-8H,3,9H2,1-2H3,(H,17,18). The summed E-state index contributed by atoms with van der Waals surface area (Å²) in [6.45, 7) is 2.87. The van der Waals surface area contributed by atoms with Gasteiger partial charge in [-0.1, -0.05) is 23.5 Å². The van der Waals surface area contributed by atoms with E-state index in [1.54, 1.807) is 14.0 Å². The van der Waals surface area contributed by atoms with Crippen LogP contribution >= 0.6 is 22.7 Å². The molecule has 0 atom stereocenters. The number of thiophene rings is 1. The number of hydrogen-bond acceptors (Lipinski definition) is 7. The number of nitrogens with zero attached hydrogens (tertiary/aromatic N) is 1. The molecule has 0 unspecified atom stereocenters. The molecule has 0 saturated carbocycles. The molecule has 0 amide bonds. The first-order chi connectivity index (χ1) is 11.2. The Morgan fingerprint density at radius 1 is 1.26 bits per heavy atom. The Bertz CT molecular complexity index is 777. The van der Waals surface area contributed by atoms with Crippen LogP contribution in [0, 0.1) is 0 Å². The molecule has 0 bridgehead atoms. The van der Waals surface area contributed by atoms with Gasteiger partial charge in [0.25, 0.3) is 0 Å². The van der Waals surface area contributed by atoms with Crippen molar-refractivity contribution in [3.63, 3.8) is 0 Å². The van der Waals surface area contributed by atoms with Crippen LogP contribution in [0.5, 0.6) is 5.75 Å². The Hall–Kier alpha value is -2.12. The molecule has 120 valence electrons. The zero-order valence-corrected chi connectivity index (χ0v) is 14.4. The number of benzene rings is 1. The maximum atomic E-state index is 11.7. The second-order valence-corrected chi connectivity index (χ2v) is 6.78. The van der Waals surface area contributed by atoms with Gasteiger partial charge in [-0.05, 0) is 30.7 Å². The van der Waals surface area contributed by atoms with E-state index in [2.05, 4.69) is 10.3 Å². The average Bonchev–Trinajstić information content (AvgIpc) is 3.12. The lowest BCUT2D eigenvalue weighted by Crippen LogP contribution is -2.01. The molecule has 0 fully saturated rings. The molecule has 23 heavy (non-hydrogen) atoms. The van der Waals surface area contributed by atoms with Crippen LogP contribution in [0.3, 0.4) is 0 Å². The SMILES string of the molecule is CCOC(=O)c1cc2sc(NCc3ccc(OC)cc3)nc2s1. The number of esters is 1. The molecule has 0 aliphatic carbocycles. The highest BCUT2D eigenvalue weighted by atomic mass is 32.1. The van der Waals surface area contributed by atoms with Gasteiger partial charge < -0.3 is 14.8 Å². The van der Waals surface area contributed by atoms with Gasteiger partial charge in [0.15, 0.2) is 5.13 Å². The maximum Gasteiger partial charge on any atom is 0.348 e. The fraction of sp³-hybridized carbons (Fsp3) is 0.250. The fourth-order valence-electron chi connectivity index (χ4n) is 2.03. The zero-order chi connectivity index (χ0) is 16.2. The molecule has 5 nitrogen and oxygen atoms in total. The van der Waals surface area contributed by atoms with Crippen molar-refractivity contribution in [2.45, 2.75) is 13.5 Å². The third-order valence-electron chi connectivity index (χ3n) is 3.17. The van der Waals surface area contributed by atoms with Gasteiger partial charge in [-0.3, -0.25) is 0 Å². The maximum absolute atomic E-state index is 11.7. The van der Waals surface area contributed by atoms with Gasteiger partial charge in [-0.2, -0.15) is 0 Å². The number of carbonyl (C=O) groups is 1. The van der Waals surface area contributed by atoms with Gasteiger partial charge in [-0.15, -0.1) is 11.3 Å². The topological polar surface area (TPSA) is 60.5 Å². The van der Waals surface area contributed by atoms with E-state index in [-0.39, 0.29) is 5.97 Å². The lowest BCUT2D eigenvalue weighted by atomic mass is 10.2. The van der Waals surface area contributed by atoms with Gasteiger partial charge in [-0.25, -0.2) is 9.78 Å². The van der Waals surface area contributed by atoms with Crippen LogP contribution in [-0.4, -0.2) is 24.7 Å². The van der Waals surface area contributed by atoms with E-state index >= 15 is 0 Å². The van der Waals surface area contributed by atoms with E-state index in [0.29, 0.717) is 18.0 Å². The van der Waals surface area contributed by atoms with E-state index < -0.39 is 0 Å². The van der Waals surface area contributed by atoms with Crippen LogP contribution in [0.15, 0.2) is 30.3 Å². The Kier molecular flexibility index (Phi) is 4.78. The summed E-state index contributed by atoms with van der Waals surface area (Å²) in [5, 5.41) is 4.15. The first-order valence-electron chi connectivity index (χ1n) is 7.14. The van der Waals surface area contributed by atoms with Gasteiger partial charge in [0.05, 0.1) is 18.4 Å². The number of hydrogen-bond donors (Lipinski definition) is 1. The monoisotopic (exact) mass is 348 g/mol. The molecule has 0 saturated heterocycles. The van der Waals surface area contributed by atoms with Crippen LogP contribution < -0.4 is 10.1 Å². The van der Waals surface area contributed by atoms with E-state index in [1.165, 1.54) is 22.7 Å². The van der Waals surface area contributed by atoms with Crippen LogP contribution in [0.25, 0.3) is 9.53 Å². The summed E-state index contributed by atoms with van der Waals surface area (Å²) < 4.78 is 11.1. The first-order valence-corrected chi connectivity index (χ1v) is 8.77. The number of anilines is 1. The summed E-state index contributed by atoms with van der Waals surface area (Å²) in [5.41, 5.74) is 1.15. The summed E-state index contributed by atoms with van der Waals surface area (Å²) in [6.07, 6.45) is 0. The molecule has 2 heterocycles. The van der Waals surface area contributed by atoms with E-state index in [1.807, 2.05) is 30.3 Å². The molecule has 1 N–H and O–H groups in total. The first kappa shape index (κ1) is 15.8. The zero-order valence-electron chi connectivity index (χ0n) is 12.8. The Balaban J connectivity index is 1.66. The summed E-state index contributed by atoms with van der Waals surface area (Å²) in [5.74, 6) is 0.561. The van der Waals surface area contributed by atoms with Gasteiger partial charge in [0.1, 0.15) is 15.5 Å². The Labute approximate surface area is 141 Å². The van der Waals surface area contributed by atoms with Crippen LogP contribution in [0.4, 0.5) is 5.13 Å². The highest BCUT2D eigenvalue weighted by Gasteiger charge is 2.14. The van der Waals surface area contributed by atoms with Crippen molar-refractivity contribution in [3.8, 4) is 5.75 Å². The minimum atomic E-state index is -0.282. The van der Waals surface area contributed by atoms with Gasteiger partial charge in [0.2, 0.25) is 0 Å². The van der Waals surface area contributed by atoms with Crippen LogP contribution in [0.2, 0.25) is 0 Å². The predicted molar refractivity (Wildman–Crippen MR) is 93.8 cm³/mol. The van der Waals surface area contributed by atoms with Crippen molar-refractivity contribution >= 4 is 43.3 Å². The number of methoxy groups -OCH3 is 1. The number of carbonyl (C=O) groups excluding carboxylic acids is 1. The molecule has 3 rings (SSSR count). The summed E-state index contributed by atoms with van der Waals surface area (Å²) in [4.78, 5) is 17.7. The summed E-state index contributed by atoms with van der Waals surface area (Å²) in [6, 6.07) is 9.74. The van der Waals surface area contributed by atoms with E-state index in [9.17, 15) is 4.79 Å². The molecule has 0 radical (unpaired) electrons. The van der Waals surface area contributed by atoms with Gasteiger partial charge in [0, 0.05) is 6.54 Å². The Morgan fingerprint density at radius 3 is 2.70 bits per heavy atom. The second-order valence-electron chi connectivity index (χ2n) is 4.72. The van der Waals surface area contributed by atoms with Crippen molar-refractivity contribution in [1.82, 2.24) is 4.98 Å². The number of aromatic nitrogens is 1. The normalized spacial score (nSPS) is 10.7. The molecular formula is C16H16N2O3S2. The minimum Gasteiger partial charge on any atom is -0.497 e. The largest absolute Gasteiger partial charge is 0.497 e. The lowest BCUT2D eigenvalue weighted by Gasteiger charge is -2.04. The van der Waals surface area contributed by atoms with Crippen molar-refractivity contribution in [2.75, 3.05) is 19.0 Å². The molecule has 0 spiro atoms. The van der Waals surface area contributed by atoms with Crippen molar-refractivity contribution in [2.24, 2.45) is 0 Å². The number of ether oxygens (including phenoxy) is 2. The van der Waals surface area contributed by atoms with E-state index in [0.717, 1.165) is 26.0 Å². The van der Waals surface area contributed by atoms with Crippen molar-refractivity contribution in [1.29, 1.82) is 0 Å². The smallest absolute Gasteiger partial charge is 0.348 e. The minimum absolute atomic E-state index is 0.282. The molecule has 3 aromatic rings.